The molecule has 2 aromatic carbocycles. The van der Waals surface area contributed by atoms with Gasteiger partial charge in [0.15, 0.2) is 5.58 Å². The third-order valence-corrected chi connectivity index (χ3v) is 3.38. The van der Waals surface area contributed by atoms with Crippen molar-refractivity contribution in [3.8, 4) is 0 Å². The molecule has 0 saturated heterocycles. The van der Waals surface area contributed by atoms with Gasteiger partial charge in [-0.05, 0) is 24.1 Å². The first-order valence-corrected chi connectivity index (χ1v) is 7.42. The zero-order valence-electron chi connectivity index (χ0n) is 12.8. The number of fused-ring (bicyclic) bond motifs is 1. The fourth-order valence-electron chi connectivity index (χ4n) is 2.22. The van der Waals surface area contributed by atoms with Crippen LogP contribution in [0.5, 0.6) is 0 Å². The molecule has 0 radical (unpaired) electrons. The minimum absolute atomic E-state index is 0.116. The van der Waals surface area contributed by atoms with Gasteiger partial charge in [-0.1, -0.05) is 42.5 Å². The summed E-state index contributed by atoms with van der Waals surface area (Å²) in [5, 5.41) is 2.65. The van der Waals surface area contributed by atoms with Gasteiger partial charge in [0, 0.05) is 0 Å². The summed E-state index contributed by atoms with van der Waals surface area (Å²) in [6.45, 7) is 0. The van der Waals surface area contributed by atoms with Crippen LogP contribution in [0.25, 0.3) is 11.1 Å². The van der Waals surface area contributed by atoms with Crippen molar-refractivity contribution in [1.29, 1.82) is 0 Å². The molecule has 0 spiro atoms. The number of guanidine groups is 1. The van der Waals surface area contributed by atoms with E-state index in [4.69, 9.17) is 15.9 Å². The van der Waals surface area contributed by atoms with Crippen LogP contribution in [0, 0.1) is 0 Å². The molecule has 0 saturated carbocycles. The summed E-state index contributed by atoms with van der Waals surface area (Å²) in [4.78, 5) is 20.0. The lowest BCUT2D eigenvalue weighted by Crippen LogP contribution is -2.34. The molecule has 0 bridgehead atoms. The zero-order valence-corrected chi connectivity index (χ0v) is 12.8. The van der Waals surface area contributed by atoms with E-state index < -0.39 is 11.9 Å². The lowest BCUT2D eigenvalue weighted by molar-refractivity contribution is -0.118. The molecule has 0 fully saturated rings. The number of hydrogen-bond donors (Lipinski definition) is 3. The van der Waals surface area contributed by atoms with Crippen molar-refractivity contribution in [3.05, 3.63) is 60.2 Å². The molecule has 7 nitrogen and oxygen atoms in total. The molecular weight excluding hydrogens is 306 g/mol. The number of amides is 1. The number of nitrogens with one attached hydrogen (secondary N) is 1. The Morgan fingerprint density at radius 2 is 1.88 bits per heavy atom. The van der Waals surface area contributed by atoms with E-state index in [1.54, 1.807) is 12.1 Å². The van der Waals surface area contributed by atoms with Gasteiger partial charge < -0.3 is 15.9 Å². The number of rotatable bonds is 4. The molecule has 1 amide bonds. The van der Waals surface area contributed by atoms with Crippen LogP contribution in [0.1, 0.15) is 5.56 Å². The monoisotopic (exact) mass is 323 g/mol. The van der Waals surface area contributed by atoms with Crippen molar-refractivity contribution < 1.29 is 9.21 Å². The Morgan fingerprint density at radius 3 is 2.62 bits per heavy atom. The quantitative estimate of drug-likeness (QED) is 0.496. The SMILES string of the molecule is N/C(=N\C(=O)C(N)Cc1ccccc1)Nc1nc2ccccc2o1. The van der Waals surface area contributed by atoms with Crippen molar-refractivity contribution >= 4 is 29.0 Å². The van der Waals surface area contributed by atoms with Crippen LogP contribution in [0.2, 0.25) is 0 Å². The third kappa shape index (κ3) is 3.76. The van der Waals surface area contributed by atoms with Crippen molar-refractivity contribution in [2.75, 3.05) is 5.32 Å². The number of carbonyl (C=O) groups excluding carboxylic acids is 1. The highest BCUT2D eigenvalue weighted by Crippen LogP contribution is 2.17. The molecule has 1 heterocycles. The van der Waals surface area contributed by atoms with E-state index in [2.05, 4.69) is 15.3 Å². The summed E-state index contributed by atoms with van der Waals surface area (Å²) >= 11 is 0. The normalized spacial score (nSPS) is 13.0. The summed E-state index contributed by atoms with van der Waals surface area (Å²) < 4.78 is 5.45. The van der Waals surface area contributed by atoms with Gasteiger partial charge in [0.2, 0.25) is 5.96 Å². The van der Waals surface area contributed by atoms with Crippen LogP contribution < -0.4 is 16.8 Å². The summed E-state index contributed by atoms with van der Waals surface area (Å²) in [7, 11) is 0. The predicted octanol–water partition coefficient (Wildman–Crippen LogP) is 1.65. The van der Waals surface area contributed by atoms with Gasteiger partial charge in [-0.15, -0.1) is 0 Å². The highest BCUT2D eigenvalue weighted by atomic mass is 16.4. The fourth-order valence-corrected chi connectivity index (χ4v) is 2.22. The first-order valence-electron chi connectivity index (χ1n) is 7.42. The number of nitrogens with zero attached hydrogens (tertiary/aromatic N) is 2. The molecule has 0 aliphatic rings. The van der Waals surface area contributed by atoms with Crippen LogP contribution in [-0.2, 0) is 11.2 Å². The molecule has 3 rings (SSSR count). The van der Waals surface area contributed by atoms with Gasteiger partial charge in [-0.3, -0.25) is 10.1 Å². The van der Waals surface area contributed by atoms with Gasteiger partial charge in [0.05, 0.1) is 6.04 Å². The average molecular weight is 323 g/mol. The van der Waals surface area contributed by atoms with Gasteiger partial charge in [0.1, 0.15) is 5.52 Å². The van der Waals surface area contributed by atoms with E-state index in [1.165, 1.54) is 0 Å². The minimum Gasteiger partial charge on any atom is -0.423 e. The van der Waals surface area contributed by atoms with Crippen LogP contribution in [-0.4, -0.2) is 22.9 Å². The number of aliphatic imine (C=N–C) groups is 1. The number of oxazole rings is 1. The Labute approximate surface area is 138 Å². The van der Waals surface area contributed by atoms with E-state index in [-0.39, 0.29) is 12.0 Å². The number of aromatic nitrogens is 1. The average Bonchev–Trinajstić information content (AvgIpc) is 2.97. The number of anilines is 1. The first kappa shape index (κ1) is 15.7. The fraction of sp³-hybridized carbons (Fsp3) is 0.118. The van der Waals surface area contributed by atoms with Gasteiger partial charge in [-0.2, -0.15) is 9.98 Å². The lowest BCUT2D eigenvalue weighted by atomic mass is 10.1. The maximum Gasteiger partial charge on any atom is 0.302 e. The third-order valence-electron chi connectivity index (χ3n) is 3.38. The molecule has 3 aromatic rings. The number of hydrogen-bond acceptors (Lipinski definition) is 4. The first-order chi connectivity index (χ1) is 11.6. The highest BCUT2D eigenvalue weighted by molar-refractivity contribution is 6.00. The summed E-state index contributed by atoms with van der Waals surface area (Å²) in [6, 6.07) is 16.1. The maximum atomic E-state index is 12.0. The Morgan fingerprint density at radius 1 is 1.17 bits per heavy atom. The standard InChI is InChI=1S/C17H17N5O2/c18-12(10-11-6-2-1-3-7-11)15(23)21-16(19)22-17-20-13-8-4-5-9-14(13)24-17/h1-9,12H,10,18H2,(H3,19,20,21,22,23). The highest BCUT2D eigenvalue weighted by Gasteiger charge is 2.14. The van der Waals surface area contributed by atoms with Crippen molar-refractivity contribution in [2.45, 2.75) is 12.5 Å². The molecule has 0 aliphatic heterocycles. The summed E-state index contributed by atoms with van der Waals surface area (Å²) in [5.74, 6) is -0.630. The number of benzene rings is 2. The van der Waals surface area contributed by atoms with Gasteiger partial charge in [-0.25, -0.2) is 0 Å². The van der Waals surface area contributed by atoms with Crippen LogP contribution in [0.3, 0.4) is 0 Å². The topological polar surface area (TPSA) is 120 Å². The van der Waals surface area contributed by atoms with Crippen LogP contribution >= 0.6 is 0 Å². The number of para-hydroxylation sites is 2. The zero-order chi connectivity index (χ0) is 16.9. The van der Waals surface area contributed by atoms with Crippen LogP contribution in [0.15, 0.2) is 64.0 Å². The maximum absolute atomic E-state index is 12.0. The van der Waals surface area contributed by atoms with Gasteiger partial charge >= 0.3 is 6.01 Å². The molecule has 5 N–H and O–H groups in total. The minimum atomic E-state index is -0.767. The molecule has 122 valence electrons. The molecule has 1 aromatic heterocycles. The second kappa shape index (κ2) is 6.93. The second-order valence-electron chi connectivity index (χ2n) is 5.24. The summed E-state index contributed by atoms with van der Waals surface area (Å²) in [5.41, 5.74) is 13.8. The van der Waals surface area contributed by atoms with Crippen molar-refractivity contribution in [3.63, 3.8) is 0 Å². The molecule has 24 heavy (non-hydrogen) atoms. The molecule has 0 aliphatic carbocycles. The molecular formula is C17H17N5O2. The Bertz CT molecular complexity index is 840. The molecule has 1 atom stereocenters. The molecule has 7 heteroatoms. The van der Waals surface area contributed by atoms with Crippen molar-refractivity contribution in [2.24, 2.45) is 16.5 Å². The second-order valence-corrected chi connectivity index (χ2v) is 5.24. The van der Waals surface area contributed by atoms with E-state index in [9.17, 15) is 4.79 Å². The summed E-state index contributed by atoms with van der Waals surface area (Å²) in [6.07, 6.45) is 0.388. The van der Waals surface area contributed by atoms with Crippen LogP contribution in [0.4, 0.5) is 6.01 Å². The Balaban J connectivity index is 1.64. The number of carbonyl (C=O) groups is 1. The largest absolute Gasteiger partial charge is 0.423 e. The smallest absolute Gasteiger partial charge is 0.302 e. The Hall–Kier alpha value is -3.19. The number of nitrogens with two attached hydrogens (primary N) is 2. The van der Waals surface area contributed by atoms with E-state index in [0.717, 1.165) is 5.56 Å². The predicted molar refractivity (Wildman–Crippen MR) is 92.4 cm³/mol. The van der Waals surface area contributed by atoms with E-state index in [1.807, 2.05) is 42.5 Å². The van der Waals surface area contributed by atoms with E-state index in [0.29, 0.717) is 17.5 Å². The van der Waals surface area contributed by atoms with E-state index >= 15 is 0 Å². The molecule has 1 unspecified atom stereocenters. The Kier molecular flexibility index (Phi) is 4.53. The van der Waals surface area contributed by atoms with Gasteiger partial charge in [0.25, 0.3) is 5.91 Å². The van der Waals surface area contributed by atoms with Crippen molar-refractivity contribution in [1.82, 2.24) is 4.98 Å². The lowest BCUT2D eigenvalue weighted by Gasteiger charge is -2.08.